The maximum atomic E-state index is 6.09. The van der Waals surface area contributed by atoms with Crippen molar-refractivity contribution in [3.63, 3.8) is 0 Å². The molecule has 110 valence electrons. The molecule has 0 radical (unpaired) electrons. The van der Waals surface area contributed by atoms with Crippen LogP contribution in [0.1, 0.15) is 30.4 Å². The molecular formula is C16H22BrNOS. The van der Waals surface area contributed by atoms with Crippen LogP contribution in [0, 0.1) is 13.8 Å². The molecule has 2 unspecified atom stereocenters. The van der Waals surface area contributed by atoms with Crippen molar-refractivity contribution in [3.05, 3.63) is 27.7 Å². The van der Waals surface area contributed by atoms with Gasteiger partial charge in [0, 0.05) is 28.6 Å². The van der Waals surface area contributed by atoms with Crippen molar-refractivity contribution < 1.29 is 4.74 Å². The Morgan fingerprint density at radius 2 is 2.10 bits per heavy atom. The van der Waals surface area contributed by atoms with Gasteiger partial charge in [-0.05, 0) is 62.1 Å². The van der Waals surface area contributed by atoms with Crippen LogP contribution in [0.2, 0.25) is 0 Å². The average Bonchev–Trinajstić information content (AvgIpc) is 2.84. The maximum absolute atomic E-state index is 6.09. The summed E-state index contributed by atoms with van der Waals surface area (Å²) in [6.45, 7) is 5.20. The molecule has 1 aromatic carbocycles. The molecule has 1 aromatic rings. The molecule has 1 N–H and O–H groups in total. The van der Waals surface area contributed by atoms with Gasteiger partial charge in [-0.1, -0.05) is 15.9 Å². The Labute approximate surface area is 134 Å². The summed E-state index contributed by atoms with van der Waals surface area (Å²) >= 11 is 5.67. The molecule has 0 saturated carbocycles. The minimum atomic E-state index is 0.153. The van der Waals surface area contributed by atoms with E-state index in [1.807, 2.05) is 11.8 Å². The molecule has 2 heterocycles. The normalized spacial score (nSPS) is 29.9. The third-order valence-corrected chi connectivity index (χ3v) is 6.84. The smallest absolute Gasteiger partial charge is 0.0799 e. The Hall–Kier alpha value is -0.190. The van der Waals surface area contributed by atoms with Crippen LogP contribution in [0.3, 0.4) is 0 Å². The number of aryl methyl sites for hydroxylation is 2. The van der Waals surface area contributed by atoms with Gasteiger partial charge in [-0.15, -0.1) is 0 Å². The molecule has 0 bridgehead atoms. The van der Waals surface area contributed by atoms with Gasteiger partial charge in [-0.3, -0.25) is 0 Å². The van der Waals surface area contributed by atoms with Crippen LogP contribution in [0.4, 0.5) is 5.69 Å². The van der Waals surface area contributed by atoms with Gasteiger partial charge < -0.3 is 10.1 Å². The second-order valence-electron chi connectivity index (χ2n) is 6.09. The van der Waals surface area contributed by atoms with Gasteiger partial charge >= 0.3 is 0 Å². The lowest BCUT2D eigenvalue weighted by atomic mass is 9.89. The number of anilines is 1. The van der Waals surface area contributed by atoms with Crippen molar-refractivity contribution in [2.75, 3.05) is 23.4 Å². The third kappa shape index (κ3) is 3.02. The number of halogens is 1. The first-order valence-electron chi connectivity index (χ1n) is 7.33. The van der Waals surface area contributed by atoms with Crippen molar-refractivity contribution in [1.82, 2.24) is 0 Å². The average molecular weight is 356 g/mol. The Balaban J connectivity index is 1.71. The third-order valence-electron chi connectivity index (χ3n) is 4.37. The lowest BCUT2D eigenvalue weighted by Crippen LogP contribution is -2.44. The largest absolute Gasteiger partial charge is 0.382 e. The van der Waals surface area contributed by atoms with E-state index >= 15 is 0 Å². The van der Waals surface area contributed by atoms with Crippen molar-refractivity contribution >= 4 is 33.4 Å². The highest BCUT2D eigenvalue weighted by molar-refractivity contribution is 9.10. The molecule has 3 rings (SSSR count). The summed E-state index contributed by atoms with van der Waals surface area (Å²) < 4.78 is 7.31. The van der Waals surface area contributed by atoms with Gasteiger partial charge in [-0.2, -0.15) is 11.8 Å². The summed E-state index contributed by atoms with van der Waals surface area (Å²) in [7, 11) is 0. The Bertz CT molecular complexity index is 476. The van der Waals surface area contributed by atoms with Crippen molar-refractivity contribution in [2.45, 2.75) is 44.8 Å². The van der Waals surface area contributed by atoms with Crippen LogP contribution in [0.15, 0.2) is 16.6 Å². The van der Waals surface area contributed by atoms with Gasteiger partial charge in [0.25, 0.3) is 0 Å². The summed E-state index contributed by atoms with van der Waals surface area (Å²) in [5.41, 5.74) is 3.99. The number of rotatable bonds is 2. The minimum Gasteiger partial charge on any atom is -0.382 e. The lowest BCUT2D eigenvalue weighted by molar-refractivity contribution is -0.0628. The monoisotopic (exact) mass is 355 g/mol. The van der Waals surface area contributed by atoms with Gasteiger partial charge in [0.2, 0.25) is 0 Å². The lowest BCUT2D eigenvalue weighted by Gasteiger charge is -2.38. The maximum Gasteiger partial charge on any atom is 0.0799 e. The number of ether oxygens (including phenoxy) is 1. The fraction of sp³-hybridized carbons (Fsp3) is 0.625. The molecule has 2 aliphatic heterocycles. The molecule has 4 heteroatoms. The first-order valence-corrected chi connectivity index (χ1v) is 9.28. The van der Waals surface area contributed by atoms with Crippen molar-refractivity contribution in [3.8, 4) is 0 Å². The predicted octanol–water partition coefficient (Wildman–Crippen LogP) is 4.53. The van der Waals surface area contributed by atoms with Gasteiger partial charge in [0.1, 0.15) is 0 Å². The molecule has 2 nitrogen and oxygen atoms in total. The second kappa shape index (κ2) is 5.90. The fourth-order valence-corrected chi connectivity index (χ4v) is 4.89. The molecular weight excluding hydrogens is 334 g/mol. The second-order valence-corrected chi connectivity index (χ2v) is 7.99. The van der Waals surface area contributed by atoms with Gasteiger partial charge in [0.05, 0.1) is 5.60 Å². The molecule has 2 fully saturated rings. The van der Waals surface area contributed by atoms with E-state index in [2.05, 4.69) is 47.2 Å². The molecule has 0 aromatic heterocycles. The molecule has 20 heavy (non-hydrogen) atoms. The summed E-state index contributed by atoms with van der Waals surface area (Å²) in [5, 5.41) is 3.73. The van der Waals surface area contributed by atoms with E-state index in [0.29, 0.717) is 6.04 Å². The number of hydrogen-bond donors (Lipinski definition) is 1. The Morgan fingerprint density at radius 3 is 2.75 bits per heavy atom. The molecule has 2 aliphatic rings. The SMILES string of the molecule is Cc1cc(NC2CCOC3(CCSC3)C2)cc(C)c1Br. The first-order chi connectivity index (χ1) is 9.58. The van der Waals surface area contributed by atoms with Crippen LogP contribution in [0.25, 0.3) is 0 Å². The van der Waals surface area contributed by atoms with E-state index in [-0.39, 0.29) is 5.60 Å². The van der Waals surface area contributed by atoms with Crippen molar-refractivity contribution in [2.24, 2.45) is 0 Å². The highest BCUT2D eigenvalue weighted by atomic mass is 79.9. The van der Waals surface area contributed by atoms with Crippen LogP contribution < -0.4 is 5.32 Å². The fourth-order valence-electron chi connectivity index (χ4n) is 3.28. The zero-order valence-corrected chi connectivity index (χ0v) is 14.6. The molecule has 0 amide bonds. The number of benzene rings is 1. The van der Waals surface area contributed by atoms with E-state index in [1.54, 1.807) is 0 Å². The number of nitrogens with one attached hydrogen (secondary N) is 1. The van der Waals surface area contributed by atoms with Gasteiger partial charge in [0.15, 0.2) is 0 Å². The van der Waals surface area contributed by atoms with Crippen LogP contribution in [-0.2, 0) is 4.74 Å². The predicted molar refractivity (Wildman–Crippen MR) is 90.9 cm³/mol. The van der Waals surface area contributed by atoms with Crippen LogP contribution in [0.5, 0.6) is 0 Å². The van der Waals surface area contributed by atoms with Crippen LogP contribution >= 0.6 is 27.7 Å². The number of hydrogen-bond acceptors (Lipinski definition) is 3. The molecule has 2 saturated heterocycles. The molecule has 2 atom stereocenters. The summed E-state index contributed by atoms with van der Waals surface area (Å²) in [4.78, 5) is 0. The van der Waals surface area contributed by atoms with Crippen molar-refractivity contribution in [1.29, 1.82) is 0 Å². The summed E-state index contributed by atoms with van der Waals surface area (Å²) in [6.07, 6.45) is 3.48. The zero-order chi connectivity index (χ0) is 14.2. The van der Waals surface area contributed by atoms with E-state index in [0.717, 1.165) is 19.4 Å². The quantitative estimate of drug-likeness (QED) is 0.841. The standard InChI is InChI=1S/C16H22BrNOS/c1-11-7-14(8-12(2)15(11)17)18-13-3-5-19-16(9-13)4-6-20-10-16/h7-8,13,18H,3-6,9-10H2,1-2H3. The van der Waals surface area contributed by atoms with E-state index < -0.39 is 0 Å². The van der Waals surface area contributed by atoms with E-state index in [4.69, 9.17) is 4.74 Å². The summed E-state index contributed by atoms with van der Waals surface area (Å²) in [5.74, 6) is 2.42. The van der Waals surface area contributed by atoms with E-state index in [1.165, 1.54) is 39.2 Å². The molecule has 1 spiro atoms. The minimum absolute atomic E-state index is 0.153. The molecule has 0 aliphatic carbocycles. The Kier molecular flexibility index (Phi) is 4.34. The highest BCUT2D eigenvalue weighted by Gasteiger charge is 2.40. The van der Waals surface area contributed by atoms with E-state index in [9.17, 15) is 0 Å². The first kappa shape index (κ1) is 14.7. The van der Waals surface area contributed by atoms with Gasteiger partial charge in [-0.25, -0.2) is 0 Å². The van der Waals surface area contributed by atoms with Crippen LogP contribution in [-0.4, -0.2) is 29.8 Å². The zero-order valence-electron chi connectivity index (χ0n) is 12.2. The highest BCUT2D eigenvalue weighted by Crippen LogP contribution is 2.39. The Morgan fingerprint density at radius 1 is 1.35 bits per heavy atom. The summed E-state index contributed by atoms with van der Waals surface area (Å²) in [6, 6.07) is 5.02. The topological polar surface area (TPSA) is 21.3 Å². The number of thioether (sulfide) groups is 1.